The molecule has 0 saturated carbocycles. The smallest absolute Gasteiger partial charge is 0.338 e. The van der Waals surface area contributed by atoms with E-state index in [2.05, 4.69) is 4.98 Å². The lowest BCUT2D eigenvalue weighted by Gasteiger charge is -1.99. The first-order valence-corrected chi connectivity index (χ1v) is 4.53. The van der Waals surface area contributed by atoms with Crippen LogP contribution in [0.15, 0.2) is 35.1 Å². The highest BCUT2D eigenvalue weighted by molar-refractivity contribution is 5.88. The van der Waals surface area contributed by atoms with Gasteiger partial charge in [-0.2, -0.15) is 0 Å². The molecule has 0 saturated heterocycles. The minimum absolute atomic E-state index is 0.116. The van der Waals surface area contributed by atoms with Gasteiger partial charge >= 0.3 is 5.97 Å². The predicted octanol–water partition coefficient (Wildman–Crippen LogP) is 2.05. The topological polar surface area (TPSA) is 72.6 Å². The van der Waals surface area contributed by atoms with E-state index in [-0.39, 0.29) is 5.56 Å². The highest BCUT2D eigenvalue weighted by Gasteiger charge is 2.10. The minimum atomic E-state index is -1.02. The predicted molar refractivity (Wildman–Crippen MR) is 55.5 cm³/mol. The van der Waals surface area contributed by atoms with Gasteiger partial charge < -0.3 is 14.3 Å². The van der Waals surface area contributed by atoms with Crippen molar-refractivity contribution in [3.63, 3.8) is 0 Å². The van der Waals surface area contributed by atoms with E-state index in [1.54, 1.807) is 18.3 Å². The lowest BCUT2D eigenvalue weighted by Crippen LogP contribution is -1.91. The molecule has 0 atom stereocenters. The van der Waals surface area contributed by atoms with Gasteiger partial charge in [0.2, 0.25) is 5.88 Å². The summed E-state index contributed by atoms with van der Waals surface area (Å²) in [7, 11) is 1.51. The van der Waals surface area contributed by atoms with Gasteiger partial charge in [-0.25, -0.2) is 9.78 Å². The standard InChI is InChI=1S/C11H9NO4/c1-15-10-5-7(2-3-12-10)9-4-8(6-16-9)11(13)14/h2-6H,1H3,(H,13,14). The molecule has 0 unspecified atom stereocenters. The van der Waals surface area contributed by atoms with E-state index in [1.807, 2.05) is 0 Å². The molecule has 2 heterocycles. The second-order valence-electron chi connectivity index (χ2n) is 3.09. The number of hydrogen-bond donors (Lipinski definition) is 1. The summed E-state index contributed by atoms with van der Waals surface area (Å²) in [6.45, 7) is 0. The Balaban J connectivity index is 2.38. The third-order valence-corrected chi connectivity index (χ3v) is 2.07. The number of carboxylic acid groups (broad SMARTS) is 1. The Labute approximate surface area is 91.3 Å². The maximum atomic E-state index is 10.7. The van der Waals surface area contributed by atoms with Crippen molar-refractivity contribution >= 4 is 5.97 Å². The molecule has 2 aromatic rings. The highest BCUT2D eigenvalue weighted by atomic mass is 16.5. The number of pyridine rings is 1. The molecule has 2 aromatic heterocycles. The third-order valence-electron chi connectivity index (χ3n) is 2.07. The Morgan fingerprint density at radius 1 is 1.50 bits per heavy atom. The van der Waals surface area contributed by atoms with Crippen LogP contribution in [0, 0.1) is 0 Å². The number of carbonyl (C=O) groups is 1. The van der Waals surface area contributed by atoms with Crippen molar-refractivity contribution in [2.24, 2.45) is 0 Å². The second kappa shape index (κ2) is 4.06. The normalized spacial score (nSPS) is 10.1. The summed E-state index contributed by atoms with van der Waals surface area (Å²) in [5.74, 6) is -0.0973. The van der Waals surface area contributed by atoms with Gasteiger partial charge in [-0.1, -0.05) is 0 Å². The molecule has 0 aliphatic rings. The monoisotopic (exact) mass is 219 g/mol. The first kappa shape index (κ1) is 10.2. The highest BCUT2D eigenvalue weighted by Crippen LogP contribution is 2.24. The molecule has 0 amide bonds. The molecule has 0 aliphatic heterocycles. The Morgan fingerprint density at radius 2 is 2.31 bits per heavy atom. The van der Waals surface area contributed by atoms with Crippen molar-refractivity contribution in [3.8, 4) is 17.2 Å². The second-order valence-corrected chi connectivity index (χ2v) is 3.09. The van der Waals surface area contributed by atoms with Crippen molar-refractivity contribution in [1.29, 1.82) is 0 Å². The molecule has 16 heavy (non-hydrogen) atoms. The number of methoxy groups -OCH3 is 1. The number of nitrogens with zero attached hydrogens (tertiary/aromatic N) is 1. The van der Waals surface area contributed by atoms with Crippen molar-refractivity contribution < 1.29 is 19.1 Å². The van der Waals surface area contributed by atoms with Crippen LogP contribution in [-0.4, -0.2) is 23.2 Å². The number of aromatic carboxylic acids is 1. The van der Waals surface area contributed by atoms with Gasteiger partial charge in [0.05, 0.1) is 12.7 Å². The summed E-state index contributed by atoms with van der Waals surface area (Å²) >= 11 is 0. The molecule has 0 fully saturated rings. The zero-order valence-electron chi connectivity index (χ0n) is 8.51. The molecule has 1 N–H and O–H groups in total. The van der Waals surface area contributed by atoms with Crippen LogP contribution in [0.25, 0.3) is 11.3 Å². The Bertz CT molecular complexity index is 518. The van der Waals surface area contributed by atoms with Crippen LogP contribution in [-0.2, 0) is 0 Å². The summed E-state index contributed by atoms with van der Waals surface area (Å²) in [6, 6.07) is 4.84. The van der Waals surface area contributed by atoms with Gasteiger partial charge in [-0.3, -0.25) is 0 Å². The van der Waals surface area contributed by atoms with E-state index in [4.69, 9.17) is 14.3 Å². The first-order valence-electron chi connectivity index (χ1n) is 4.53. The molecular weight excluding hydrogens is 210 g/mol. The zero-order valence-corrected chi connectivity index (χ0v) is 8.51. The molecular formula is C11H9NO4. The maximum absolute atomic E-state index is 10.7. The number of rotatable bonds is 3. The van der Waals surface area contributed by atoms with Crippen LogP contribution in [0.2, 0.25) is 0 Å². The molecule has 0 bridgehead atoms. The zero-order chi connectivity index (χ0) is 11.5. The molecule has 0 spiro atoms. The van der Waals surface area contributed by atoms with Crippen LogP contribution in [0.3, 0.4) is 0 Å². The van der Waals surface area contributed by atoms with Crippen LogP contribution in [0.4, 0.5) is 0 Å². The van der Waals surface area contributed by atoms with Gasteiger partial charge in [0, 0.05) is 17.8 Å². The Morgan fingerprint density at radius 3 is 2.94 bits per heavy atom. The summed E-state index contributed by atoms with van der Waals surface area (Å²) in [5, 5.41) is 8.75. The maximum Gasteiger partial charge on any atom is 0.338 e. The molecule has 0 radical (unpaired) electrons. The lowest BCUT2D eigenvalue weighted by atomic mass is 10.2. The fourth-order valence-electron chi connectivity index (χ4n) is 1.27. The fourth-order valence-corrected chi connectivity index (χ4v) is 1.27. The molecule has 0 aromatic carbocycles. The van der Waals surface area contributed by atoms with Gasteiger partial charge in [-0.15, -0.1) is 0 Å². The number of ether oxygens (including phenoxy) is 1. The summed E-state index contributed by atoms with van der Waals surface area (Å²) in [4.78, 5) is 14.6. The molecule has 5 nitrogen and oxygen atoms in total. The van der Waals surface area contributed by atoms with E-state index in [1.165, 1.54) is 19.4 Å². The average molecular weight is 219 g/mol. The van der Waals surface area contributed by atoms with Gasteiger partial charge in [-0.05, 0) is 12.1 Å². The molecule has 0 aliphatic carbocycles. The summed E-state index contributed by atoms with van der Waals surface area (Å²) in [6.07, 6.45) is 2.77. The fraction of sp³-hybridized carbons (Fsp3) is 0.0909. The van der Waals surface area contributed by atoms with E-state index in [0.29, 0.717) is 11.6 Å². The largest absolute Gasteiger partial charge is 0.481 e. The van der Waals surface area contributed by atoms with Crippen LogP contribution in [0.1, 0.15) is 10.4 Å². The minimum Gasteiger partial charge on any atom is -0.481 e. The summed E-state index contributed by atoms with van der Waals surface area (Å²) < 4.78 is 10.1. The van der Waals surface area contributed by atoms with Crippen LogP contribution >= 0.6 is 0 Å². The van der Waals surface area contributed by atoms with Gasteiger partial charge in [0.25, 0.3) is 0 Å². The van der Waals surface area contributed by atoms with Gasteiger partial charge in [0.1, 0.15) is 12.0 Å². The Kier molecular flexibility index (Phi) is 2.59. The van der Waals surface area contributed by atoms with Crippen molar-refractivity contribution in [2.45, 2.75) is 0 Å². The number of aromatic nitrogens is 1. The molecule has 82 valence electrons. The van der Waals surface area contributed by atoms with E-state index >= 15 is 0 Å². The number of furan rings is 1. The van der Waals surface area contributed by atoms with E-state index < -0.39 is 5.97 Å². The van der Waals surface area contributed by atoms with Crippen LogP contribution < -0.4 is 4.74 Å². The van der Waals surface area contributed by atoms with Crippen molar-refractivity contribution in [1.82, 2.24) is 4.98 Å². The summed E-state index contributed by atoms with van der Waals surface area (Å²) in [5.41, 5.74) is 0.838. The lowest BCUT2D eigenvalue weighted by molar-refractivity contribution is 0.0696. The van der Waals surface area contributed by atoms with Crippen molar-refractivity contribution in [2.75, 3.05) is 7.11 Å². The van der Waals surface area contributed by atoms with Crippen molar-refractivity contribution in [3.05, 3.63) is 36.2 Å². The molecule has 2 rings (SSSR count). The SMILES string of the molecule is COc1cc(-c2cc(C(=O)O)co2)ccn1. The van der Waals surface area contributed by atoms with E-state index in [9.17, 15) is 4.79 Å². The first-order chi connectivity index (χ1) is 7.70. The third kappa shape index (κ3) is 1.88. The number of hydrogen-bond acceptors (Lipinski definition) is 4. The Hall–Kier alpha value is -2.30. The molecule has 5 heteroatoms. The average Bonchev–Trinajstić information content (AvgIpc) is 2.78. The van der Waals surface area contributed by atoms with E-state index in [0.717, 1.165) is 5.56 Å². The number of carboxylic acids is 1. The van der Waals surface area contributed by atoms with Crippen LogP contribution in [0.5, 0.6) is 5.88 Å². The quantitative estimate of drug-likeness (QED) is 0.855. The van der Waals surface area contributed by atoms with Gasteiger partial charge in [0.15, 0.2) is 0 Å².